The fourth-order valence-electron chi connectivity index (χ4n) is 2.18. The van der Waals surface area contributed by atoms with Gasteiger partial charge in [0.15, 0.2) is 0 Å². The second-order valence-corrected chi connectivity index (χ2v) is 5.26. The van der Waals surface area contributed by atoms with Gasteiger partial charge in [-0.1, -0.05) is 42.8 Å². The third-order valence-corrected chi connectivity index (χ3v) is 3.58. The van der Waals surface area contributed by atoms with Crippen LogP contribution in [-0.2, 0) is 6.61 Å². The minimum Gasteiger partial charge on any atom is -0.489 e. The first-order valence-electron chi connectivity index (χ1n) is 7.01. The molecule has 4 heteroatoms. The molecule has 1 atom stereocenters. The molecule has 0 aliphatic carbocycles. The molecule has 2 aromatic carbocycles. The zero-order valence-electron chi connectivity index (χ0n) is 12.2. The van der Waals surface area contributed by atoms with Gasteiger partial charge in [0.25, 0.3) is 0 Å². The first-order chi connectivity index (χ1) is 10.1. The minimum atomic E-state index is -0.424. The first-order valence-corrected chi connectivity index (χ1v) is 7.38. The molecule has 21 heavy (non-hydrogen) atoms. The molecule has 0 spiro atoms. The van der Waals surface area contributed by atoms with Crippen molar-refractivity contribution in [2.75, 3.05) is 6.54 Å². The molecule has 0 fully saturated rings. The van der Waals surface area contributed by atoms with Crippen LogP contribution in [0.1, 0.15) is 31.0 Å². The smallest absolute Gasteiger partial charge is 0.142 e. The van der Waals surface area contributed by atoms with Gasteiger partial charge in [-0.2, -0.15) is 0 Å². The van der Waals surface area contributed by atoms with Crippen LogP contribution in [0.2, 0.25) is 5.02 Å². The van der Waals surface area contributed by atoms with Crippen LogP contribution in [0.5, 0.6) is 5.75 Å². The maximum absolute atomic E-state index is 13.4. The molecule has 2 rings (SSSR count). The van der Waals surface area contributed by atoms with Crippen LogP contribution in [0.3, 0.4) is 0 Å². The second kappa shape index (κ2) is 7.43. The zero-order valence-corrected chi connectivity index (χ0v) is 13.0. The SMILES string of the molecule is CCNC(C)c1ccccc1OCc1ccc(Cl)c(F)c1. The Morgan fingerprint density at radius 3 is 2.71 bits per heavy atom. The maximum atomic E-state index is 13.4. The Morgan fingerprint density at radius 1 is 1.24 bits per heavy atom. The third-order valence-electron chi connectivity index (χ3n) is 3.27. The molecule has 0 aromatic heterocycles. The van der Waals surface area contributed by atoms with Crippen LogP contribution < -0.4 is 10.1 Å². The summed E-state index contributed by atoms with van der Waals surface area (Å²) in [4.78, 5) is 0. The highest BCUT2D eigenvalue weighted by Crippen LogP contribution is 2.26. The molecule has 2 nitrogen and oxygen atoms in total. The molecule has 0 amide bonds. The van der Waals surface area contributed by atoms with E-state index < -0.39 is 5.82 Å². The van der Waals surface area contributed by atoms with Crippen molar-refractivity contribution in [3.63, 3.8) is 0 Å². The molecule has 112 valence electrons. The number of halogens is 2. The Labute approximate surface area is 129 Å². The molecule has 1 unspecified atom stereocenters. The zero-order chi connectivity index (χ0) is 15.2. The van der Waals surface area contributed by atoms with Crippen LogP contribution in [0.15, 0.2) is 42.5 Å². The second-order valence-electron chi connectivity index (χ2n) is 4.85. The summed E-state index contributed by atoms with van der Waals surface area (Å²) in [6, 6.07) is 12.8. The minimum absolute atomic E-state index is 0.125. The summed E-state index contributed by atoms with van der Waals surface area (Å²) in [7, 11) is 0. The molecular weight excluding hydrogens is 289 g/mol. The van der Waals surface area contributed by atoms with E-state index in [0.717, 1.165) is 23.4 Å². The Morgan fingerprint density at radius 2 is 2.00 bits per heavy atom. The molecule has 0 saturated carbocycles. The summed E-state index contributed by atoms with van der Waals surface area (Å²) >= 11 is 5.68. The number of para-hydroxylation sites is 1. The number of benzene rings is 2. The van der Waals surface area contributed by atoms with E-state index >= 15 is 0 Å². The van der Waals surface area contributed by atoms with Crippen molar-refractivity contribution in [3.8, 4) is 5.75 Å². The molecule has 0 heterocycles. The summed E-state index contributed by atoms with van der Waals surface area (Å²) in [6.45, 7) is 5.35. The Kier molecular flexibility index (Phi) is 5.59. The van der Waals surface area contributed by atoms with E-state index in [-0.39, 0.29) is 11.1 Å². The lowest BCUT2D eigenvalue weighted by molar-refractivity contribution is 0.299. The Bertz CT molecular complexity index is 603. The number of hydrogen-bond donors (Lipinski definition) is 1. The average Bonchev–Trinajstić information content (AvgIpc) is 2.49. The van der Waals surface area contributed by atoms with Crippen LogP contribution in [0.4, 0.5) is 4.39 Å². The third kappa shape index (κ3) is 4.19. The number of rotatable bonds is 6. The fraction of sp³-hybridized carbons (Fsp3) is 0.294. The Hall–Kier alpha value is -1.58. The molecule has 1 N–H and O–H groups in total. The van der Waals surface area contributed by atoms with E-state index in [0.29, 0.717) is 6.61 Å². The monoisotopic (exact) mass is 307 g/mol. The molecular formula is C17H19ClFNO. The van der Waals surface area contributed by atoms with Gasteiger partial charge in [0.2, 0.25) is 0 Å². The Balaban J connectivity index is 2.10. The normalized spacial score (nSPS) is 12.2. The first kappa shape index (κ1) is 15.8. The van der Waals surface area contributed by atoms with Gasteiger partial charge >= 0.3 is 0 Å². The molecule has 2 aromatic rings. The largest absolute Gasteiger partial charge is 0.489 e. The van der Waals surface area contributed by atoms with E-state index in [2.05, 4.69) is 19.2 Å². The molecule has 0 bridgehead atoms. The summed E-state index contributed by atoms with van der Waals surface area (Å²) in [5, 5.41) is 3.48. The predicted octanol–water partition coefficient (Wildman–Crippen LogP) is 4.73. The van der Waals surface area contributed by atoms with Gasteiger partial charge in [-0.3, -0.25) is 0 Å². The molecule has 0 saturated heterocycles. The van der Waals surface area contributed by atoms with Gasteiger partial charge in [-0.05, 0) is 37.2 Å². The van der Waals surface area contributed by atoms with Crippen molar-refractivity contribution in [2.24, 2.45) is 0 Å². The van der Waals surface area contributed by atoms with Gasteiger partial charge in [0.05, 0.1) is 5.02 Å². The number of hydrogen-bond acceptors (Lipinski definition) is 2. The van der Waals surface area contributed by atoms with Crippen LogP contribution in [-0.4, -0.2) is 6.54 Å². The van der Waals surface area contributed by atoms with Gasteiger partial charge in [-0.25, -0.2) is 4.39 Å². The van der Waals surface area contributed by atoms with Crippen LogP contribution >= 0.6 is 11.6 Å². The van der Waals surface area contributed by atoms with Crippen molar-refractivity contribution in [3.05, 3.63) is 64.4 Å². The highest BCUT2D eigenvalue weighted by molar-refractivity contribution is 6.30. The lowest BCUT2D eigenvalue weighted by Crippen LogP contribution is -2.18. The summed E-state index contributed by atoms with van der Waals surface area (Å²) in [6.07, 6.45) is 0. The topological polar surface area (TPSA) is 21.3 Å². The van der Waals surface area contributed by atoms with Crippen molar-refractivity contribution < 1.29 is 9.13 Å². The van der Waals surface area contributed by atoms with Crippen molar-refractivity contribution in [2.45, 2.75) is 26.5 Å². The summed E-state index contributed by atoms with van der Waals surface area (Å²) < 4.78 is 19.3. The number of ether oxygens (including phenoxy) is 1. The standard InChI is InChI=1S/C17H19ClFNO/c1-3-20-12(2)14-6-4-5-7-17(14)21-11-13-8-9-15(18)16(19)10-13/h4-10,12,20H,3,11H2,1-2H3. The van der Waals surface area contributed by atoms with Crippen molar-refractivity contribution >= 4 is 11.6 Å². The van der Waals surface area contributed by atoms with Gasteiger partial charge in [0.1, 0.15) is 18.2 Å². The van der Waals surface area contributed by atoms with Crippen molar-refractivity contribution in [1.82, 2.24) is 5.32 Å². The van der Waals surface area contributed by atoms with Crippen LogP contribution in [0.25, 0.3) is 0 Å². The van der Waals surface area contributed by atoms with Gasteiger partial charge < -0.3 is 10.1 Å². The predicted molar refractivity (Wildman–Crippen MR) is 84.3 cm³/mol. The summed E-state index contributed by atoms with van der Waals surface area (Å²) in [5.41, 5.74) is 1.84. The van der Waals surface area contributed by atoms with E-state index in [1.807, 2.05) is 24.3 Å². The van der Waals surface area contributed by atoms with Crippen LogP contribution in [0, 0.1) is 5.82 Å². The highest BCUT2D eigenvalue weighted by atomic mass is 35.5. The highest BCUT2D eigenvalue weighted by Gasteiger charge is 2.10. The van der Waals surface area contributed by atoms with Gasteiger partial charge in [-0.15, -0.1) is 0 Å². The van der Waals surface area contributed by atoms with E-state index in [9.17, 15) is 4.39 Å². The fourth-order valence-corrected chi connectivity index (χ4v) is 2.29. The molecule has 0 radical (unpaired) electrons. The van der Waals surface area contributed by atoms with Crippen molar-refractivity contribution in [1.29, 1.82) is 0 Å². The molecule has 0 aliphatic rings. The summed E-state index contributed by atoms with van der Waals surface area (Å²) in [5.74, 6) is 0.383. The lowest BCUT2D eigenvalue weighted by Gasteiger charge is -2.17. The lowest BCUT2D eigenvalue weighted by atomic mass is 10.1. The number of nitrogens with one attached hydrogen (secondary N) is 1. The van der Waals surface area contributed by atoms with E-state index in [1.165, 1.54) is 6.07 Å². The quantitative estimate of drug-likeness (QED) is 0.833. The van der Waals surface area contributed by atoms with E-state index in [4.69, 9.17) is 16.3 Å². The maximum Gasteiger partial charge on any atom is 0.142 e. The van der Waals surface area contributed by atoms with E-state index in [1.54, 1.807) is 12.1 Å². The molecule has 0 aliphatic heterocycles. The average molecular weight is 308 g/mol. The van der Waals surface area contributed by atoms with Gasteiger partial charge in [0, 0.05) is 11.6 Å².